The molecule has 0 bridgehead atoms. The third-order valence-electron chi connectivity index (χ3n) is 12.4. The number of benzene rings is 2. The van der Waals surface area contributed by atoms with E-state index in [0.717, 1.165) is 106 Å². The largest absolute Gasteiger partial charge is 0.495 e. The molecular weight excluding hydrogens is 647 g/mol. The summed E-state index contributed by atoms with van der Waals surface area (Å²) in [6.07, 6.45) is 11.7. The monoisotopic (exact) mass is 698 g/mol. The molecule has 1 aromatic heterocycles. The second-order valence-corrected chi connectivity index (χ2v) is 15.7. The maximum Gasteiger partial charge on any atom is 0.243 e. The van der Waals surface area contributed by atoms with Crippen LogP contribution in [-0.2, 0) is 29.7 Å². The van der Waals surface area contributed by atoms with Crippen LogP contribution in [0.4, 0.5) is 21.5 Å². The third kappa shape index (κ3) is 6.80. The van der Waals surface area contributed by atoms with E-state index in [1.54, 1.807) is 13.2 Å². The van der Waals surface area contributed by atoms with Gasteiger partial charge in [0.2, 0.25) is 11.8 Å². The summed E-state index contributed by atoms with van der Waals surface area (Å²) in [5.74, 6) is 0.767. The van der Waals surface area contributed by atoms with Crippen LogP contribution in [0.25, 0.3) is 11.1 Å². The Balaban J connectivity index is 0.860. The zero-order chi connectivity index (χ0) is 35.3. The van der Waals surface area contributed by atoms with Gasteiger partial charge < -0.3 is 25.2 Å². The van der Waals surface area contributed by atoms with Crippen molar-refractivity contribution in [2.24, 2.45) is 18.4 Å². The average molecular weight is 699 g/mol. The van der Waals surface area contributed by atoms with Crippen molar-refractivity contribution in [3.8, 4) is 16.9 Å². The van der Waals surface area contributed by atoms with Crippen LogP contribution in [0, 0.1) is 17.2 Å². The van der Waals surface area contributed by atoms with E-state index in [9.17, 15) is 9.59 Å². The van der Waals surface area contributed by atoms with Crippen molar-refractivity contribution in [2.45, 2.75) is 70.5 Å². The Morgan fingerprint density at radius 1 is 0.961 bits per heavy atom. The maximum atomic E-state index is 15.7. The molecular formula is C39H51FN8O3. The highest BCUT2D eigenvalue weighted by molar-refractivity contribution is 6.00. The lowest BCUT2D eigenvalue weighted by Gasteiger charge is -2.49. The number of imide groups is 1. The fourth-order valence-electron chi connectivity index (χ4n) is 9.50. The number of likely N-dealkylation sites (tertiary alicyclic amines) is 1. The number of fused-ring (bicyclic) bond motifs is 1. The van der Waals surface area contributed by atoms with Gasteiger partial charge in [-0.2, -0.15) is 5.10 Å². The van der Waals surface area contributed by atoms with Gasteiger partial charge >= 0.3 is 0 Å². The molecule has 5 aliphatic rings. The van der Waals surface area contributed by atoms with Gasteiger partial charge in [-0.25, -0.2) is 4.39 Å². The van der Waals surface area contributed by atoms with Crippen LogP contribution in [0.2, 0.25) is 0 Å². The number of aromatic nitrogens is 2. The van der Waals surface area contributed by atoms with Crippen LogP contribution in [0.1, 0.15) is 62.5 Å². The molecule has 8 rings (SSSR count). The summed E-state index contributed by atoms with van der Waals surface area (Å²) in [7, 11) is 3.61. The van der Waals surface area contributed by atoms with Crippen LogP contribution < -0.4 is 25.6 Å². The number of halogens is 1. The Morgan fingerprint density at radius 2 is 1.73 bits per heavy atom. The first kappa shape index (κ1) is 34.0. The first-order chi connectivity index (χ1) is 24.7. The quantitative estimate of drug-likeness (QED) is 0.272. The van der Waals surface area contributed by atoms with E-state index in [1.807, 2.05) is 36.3 Å². The van der Waals surface area contributed by atoms with Crippen LogP contribution in [0.15, 0.2) is 36.7 Å². The van der Waals surface area contributed by atoms with Gasteiger partial charge in [0.25, 0.3) is 0 Å². The number of nitrogen functional groups attached to an aromatic ring is 1. The number of hydrogen-bond acceptors (Lipinski definition) is 9. The van der Waals surface area contributed by atoms with Crippen molar-refractivity contribution in [3.63, 3.8) is 0 Å². The smallest absolute Gasteiger partial charge is 0.243 e. The molecule has 4 saturated heterocycles. The van der Waals surface area contributed by atoms with Crippen LogP contribution in [0.5, 0.6) is 5.75 Å². The van der Waals surface area contributed by atoms with E-state index in [0.29, 0.717) is 49.0 Å². The van der Waals surface area contributed by atoms with E-state index in [1.165, 1.54) is 6.42 Å². The van der Waals surface area contributed by atoms with Crippen molar-refractivity contribution in [2.75, 3.05) is 68.5 Å². The highest BCUT2D eigenvalue weighted by atomic mass is 19.1. The minimum atomic E-state index is -0.337. The Hall–Kier alpha value is -4.16. The van der Waals surface area contributed by atoms with E-state index in [-0.39, 0.29) is 29.1 Å². The van der Waals surface area contributed by atoms with Gasteiger partial charge in [-0.3, -0.25) is 24.5 Å². The number of carbonyl (C=O) groups excluding carboxylic acids is 2. The number of hydrogen-bond donors (Lipinski definition) is 2. The Kier molecular flexibility index (Phi) is 9.16. The molecule has 272 valence electrons. The molecule has 6 heterocycles. The number of nitrogens with zero attached hydrogens (tertiary/aromatic N) is 6. The lowest BCUT2D eigenvalue weighted by Crippen LogP contribution is -2.51. The Labute approximate surface area is 299 Å². The van der Waals surface area contributed by atoms with E-state index in [4.69, 9.17) is 10.5 Å². The van der Waals surface area contributed by atoms with E-state index >= 15 is 4.39 Å². The third-order valence-corrected chi connectivity index (χ3v) is 12.4. The number of nitrogens with two attached hydrogens (primary N) is 1. The number of aryl methyl sites for hydroxylation is 1. The van der Waals surface area contributed by atoms with Crippen molar-refractivity contribution in [3.05, 3.63) is 53.6 Å². The molecule has 4 fully saturated rings. The number of methoxy groups -OCH3 is 1. The molecule has 1 unspecified atom stereocenters. The van der Waals surface area contributed by atoms with E-state index in [2.05, 4.69) is 36.1 Å². The molecule has 5 aliphatic heterocycles. The number of nitrogens with one attached hydrogen (secondary N) is 1. The standard InChI is InChI=1S/C39H51FN8O3/c1-44-22-29(20-42-44)30-18-32(41)36(51-2)19-34(30)46-12-6-26(7-13-46)21-45-14-9-39(10-15-45)8-3-11-47(25-39)35-17-28-24-48(23-27(28)16-31(35)40)33-4-5-37(49)43-38(33)50/h16-20,22,26,33H,3-15,21,23-25,41H2,1-2H3,(H,43,49,50). The summed E-state index contributed by atoms with van der Waals surface area (Å²) in [5, 5.41) is 6.87. The number of carbonyl (C=O) groups is 2. The number of anilines is 3. The molecule has 0 radical (unpaired) electrons. The molecule has 3 aromatic rings. The zero-order valence-electron chi connectivity index (χ0n) is 30.0. The number of rotatable bonds is 7. The van der Waals surface area contributed by atoms with Gasteiger partial charge in [-0.1, -0.05) is 0 Å². The van der Waals surface area contributed by atoms with Gasteiger partial charge in [0.15, 0.2) is 0 Å². The molecule has 1 spiro atoms. The van der Waals surface area contributed by atoms with Gasteiger partial charge in [0.1, 0.15) is 11.6 Å². The molecule has 0 saturated carbocycles. The molecule has 51 heavy (non-hydrogen) atoms. The van der Waals surface area contributed by atoms with E-state index < -0.39 is 0 Å². The molecule has 3 N–H and O–H groups in total. The summed E-state index contributed by atoms with van der Waals surface area (Å²) in [6, 6.07) is 7.49. The minimum absolute atomic E-state index is 0.162. The second-order valence-electron chi connectivity index (χ2n) is 15.7. The summed E-state index contributed by atoms with van der Waals surface area (Å²) >= 11 is 0. The van der Waals surface area contributed by atoms with Crippen LogP contribution >= 0.6 is 0 Å². The maximum absolute atomic E-state index is 15.7. The normalized spacial score (nSPS) is 23.2. The number of amides is 2. The summed E-state index contributed by atoms with van der Waals surface area (Å²) in [5.41, 5.74) is 13.3. The summed E-state index contributed by atoms with van der Waals surface area (Å²) in [4.78, 5) is 33.7. The van der Waals surface area contributed by atoms with Gasteiger partial charge in [-0.15, -0.1) is 0 Å². The van der Waals surface area contributed by atoms with Crippen molar-refractivity contribution in [1.82, 2.24) is 24.9 Å². The van der Waals surface area contributed by atoms with Gasteiger partial charge in [-0.05, 0) is 98.7 Å². The highest BCUT2D eigenvalue weighted by Gasteiger charge is 2.40. The van der Waals surface area contributed by atoms with Gasteiger partial charge in [0, 0.05) is 88.4 Å². The SMILES string of the molecule is COc1cc(N2CCC(CN3CCC4(CCCN(c5cc6c(cc5F)CN(C5CCC(=O)NC5=O)C6)C4)CC3)CC2)c(-c2cnn(C)c2)cc1N. The lowest BCUT2D eigenvalue weighted by molar-refractivity contribution is -0.137. The topological polar surface area (TPSA) is 112 Å². The predicted molar refractivity (Wildman–Crippen MR) is 196 cm³/mol. The van der Waals surface area contributed by atoms with Crippen molar-refractivity contribution < 1.29 is 18.7 Å². The summed E-state index contributed by atoms with van der Waals surface area (Å²) in [6.45, 7) is 8.25. The molecule has 11 nitrogen and oxygen atoms in total. The number of ether oxygens (including phenoxy) is 1. The highest BCUT2D eigenvalue weighted by Crippen LogP contribution is 2.44. The fraction of sp³-hybridized carbons (Fsp3) is 0.564. The molecule has 0 aliphatic carbocycles. The molecule has 2 aromatic carbocycles. The second kappa shape index (κ2) is 13.8. The van der Waals surface area contributed by atoms with Crippen LogP contribution in [0.3, 0.4) is 0 Å². The van der Waals surface area contributed by atoms with Gasteiger partial charge in [0.05, 0.1) is 30.7 Å². The lowest BCUT2D eigenvalue weighted by atomic mass is 9.72. The number of piperidine rings is 4. The minimum Gasteiger partial charge on any atom is -0.495 e. The fourth-order valence-corrected chi connectivity index (χ4v) is 9.50. The molecule has 2 amide bonds. The summed E-state index contributed by atoms with van der Waals surface area (Å²) < 4.78 is 23.1. The van der Waals surface area contributed by atoms with Crippen molar-refractivity contribution >= 4 is 28.9 Å². The zero-order valence-corrected chi connectivity index (χ0v) is 30.0. The molecule has 12 heteroatoms. The van der Waals surface area contributed by atoms with Crippen molar-refractivity contribution in [1.29, 1.82) is 0 Å². The first-order valence-electron chi connectivity index (χ1n) is 18.7. The molecule has 1 atom stereocenters. The Morgan fingerprint density at radius 3 is 2.43 bits per heavy atom. The Bertz CT molecular complexity index is 1790. The average Bonchev–Trinajstić information content (AvgIpc) is 3.75. The predicted octanol–water partition coefficient (Wildman–Crippen LogP) is 4.54. The van der Waals surface area contributed by atoms with Crippen LogP contribution in [-0.4, -0.2) is 90.4 Å². The first-order valence-corrected chi connectivity index (χ1v) is 18.7.